The zero-order valence-corrected chi connectivity index (χ0v) is 18.2. The topological polar surface area (TPSA) is 58.6 Å². The van der Waals surface area contributed by atoms with Gasteiger partial charge in [-0.25, -0.2) is 14.2 Å². The number of carbonyl (C=O) groups is 1. The molecule has 0 aliphatic carbocycles. The number of hydrogen-bond donors (Lipinski definition) is 0. The molecule has 1 amide bonds. The molecule has 2 aliphatic rings. The molecule has 6 nitrogen and oxygen atoms in total. The van der Waals surface area contributed by atoms with E-state index in [0.717, 1.165) is 12.8 Å². The Morgan fingerprint density at radius 1 is 1.25 bits per heavy atom. The highest BCUT2D eigenvalue weighted by Crippen LogP contribution is 2.39. The molecule has 2 fully saturated rings. The smallest absolute Gasteiger partial charge is 0.410 e. The number of benzene rings is 1. The van der Waals surface area contributed by atoms with E-state index in [4.69, 9.17) is 16.3 Å². The maximum absolute atomic E-state index is 14.6. The van der Waals surface area contributed by atoms with Crippen LogP contribution >= 0.6 is 27.5 Å². The number of anilines is 1. The van der Waals surface area contributed by atoms with Crippen molar-refractivity contribution in [2.75, 3.05) is 18.0 Å². The van der Waals surface area contributed by atoms with Crippen LogP contribution < -0.4 is 4.90 Å². The van der Waals surface area contributed by atoms with Crippen LogP contribution in [0.2, 0.25) is 5.28 Å². The third-order valence-electron chi connectivity index (χ3n) is 5.09. The van der Waals surface area contributed by atoms with E-state index in [9.17, 15) is 9.18 Å². The average Bonchev–Trinajstić information content (AvgIpc) is 2.85. The molecule has 0 radical (unpaired) electrons. The third kappa shape index (κ3) is 3.52. The summed E-state index contributed by atoms with van der Waals surface area (Å²) in [7, 11) is 0. The van der Waals surface area contributed by atoms with Crippen LogP contribution in [0.25, 0.3) is 10.9 Å². The lowest BCUT2D eigenvalue weighted by atomic mass is 10.1. The lowest BCUT2D eigenvalue weighted by molar-refractivity contribution is 0.0209. The number of piperazine rings is 1. The molecule has 2 aliphatic heterocycles. The molecule has 2 aromatic rings. The Bertz CT molecular complexity index is 938. The Morgan fingerprint density at radius 2 is 1.89 bits per heavy atom. The third-order valence-corrected chi connectivity index (χ3v) is 5.87. The highest BCUT2D eigenvalue weighted by molar-refractivity contribution is 9.10. The number of likely N-dealkylation sites (tertiary alicyclic amines) is 1. The summed E-state index contributed by atoms with van der Waals surface area (Å²) in [5.74, 6) is 0.167. The van der Waals surface area contributed by atoms with E-state index in [-0.39, 0.29) is 29.0 Å². The predicted octanol–water partition coefficient (Wildman–Crippen LogP) is 4.77. The Hall–Kier alpha value is -1.67. The van der Waals surface area contributed by atoms with E-state index < -0.39 is 11.4 Å². The summed E-state index contributed by atoms with van der Waals surface area (Å²) in [4.78, 5) is 24.9. The number of carbonyl (C=O) groups excluding carboxylic acids is 1. The summed E-state index contributed by atoms with van der Waals surface area (Å²) in [6, 6.07) is 3.60. The second-order valence-corrected chi connectivity index (χ2v) is 9.44. The maximum atomic E-state index is 14.6. The van der Waals surface area contributed by atoms with Crippen LogP contribution in [-0.4, -0.2) is 51.7 Å². The molecule has 150 valence electrons. The van der Waals surface area contributed by atoms with Gasteiger partial charge in [0.05, 0.1) is 4.47 Å². The van der Waals surface area contributed by atoms with Gasteiger partial charge in [0.25, 0.3) is 0 Å². The number of hydrogen-bond acceptors (Lipinski definition) is 5. The Labute approximate surface area is 176 Å². The summed E-state index contributed by atoms with van der Waals surface area (Å²) >= 11 is 9.31. The molecule has 9 heteroatoms. The summed E-state index contributed by atoms with van der Waals surface area (Å²) in [5.41, 5.74) is -0.340. The van der Waals surface area contributed by atoms with E-state index >= 15 is 0 Å². The van der Waals surface area contributed by atoms with Crippen LogP contribution in [0.5, 0.6) is 0 Å². The number of nitrogens with zero attached hydrogens (tertiary/aromatic N) is 4. The minimum absolute atomic E-state index is 0.00784. The quantitative estimate of drug-likeness (QED) is 0.561. The van der Waals surface area contributed by atoms with Crippen molar-refractivity contribution in [3.05, 3.63) is 27.7 Å². The summed E-state index contributed by atoms with van der Waals surface area (Å²) in [5, 5.41) is 0.626. The first kappa shape index (κ1) is 19.6. The van der Waals surface area contributed by atoms with Crippen molar-refractivity contribution in [1.29, 1.82) is 0 Å². The molecular formula is C19H21BrClFN4O2. The molecule has 0 N–H and O–H groups in total. The molecule has 2 saturated heterocycles. The standard InChI is InChI=1S/C19H21BrClFN4O2/c1-19(2,3)28-18(27)25-8-10-4-5-11(9-25)26(10)16-12-6-7-13(20)14(22)15(12)23-17(21)24-16/h6-7,10-11H,4-5,8-9H2,1-3H3/t10-,11+. The lowest BCUT2D eigenvalue weighted by Crippen LogP contribution is -2.56. The van der Waals surface area contributed by atoms with Crippen LogP contribution in [0.3, 0.4) is 0 Å². The Balaban J connectivity index is 1.67. The summed E-state index contributed by atoms with van der Waals surface area (Å²) in [6.07, 6.45) is 1.54. The average molecular weight is 472 g/mol. The molecule has 0 spiro atoms. The highest BCUT2D eigenvalue weighted by atomic mass is 79.9. The second-order valence-electron chi connectivity index (χ2n) is 8.25. The van der Waals surface area contributed by atoms with Gasteiger partial charge in [0.2, 0.25) is 5.28 Å². The van der Waals surface area contributed by atoms with Crippen LogP contribution in [0.15, 0.2) is 16.6 Å². The van der Waals surface area contributed by atoms with Crippen LogP contribution in [0, 0.1) is 5.82 Å². The van der Waals surface area contributed by atoms with Gasteiger partial charge in [-0.1, -0.05) is 0 Å². The molecule has 4 rings (SSSR count). The molecule has 28 heavy (non-hydrogen) atoms. The summed E-state index contributed by atoms with van der Waals surface area (Å²) < 4.78 is 20.4. The van der Waals surface area contributed by atoms with E-state index in [1.165, 1.54) is 0 Å². The molecular weight excluding hydrogens is 451 g/mol. The van der Waals surface area contributed by atoms with Crippen LogP contribution in [0.4, 0.5) is 15.0 Å². The fourth-order valence-electron chi connectivity index (χ4n) is 4.02. The predicted molar refractivity (Wildman–Crippen MR) is 109 cm³/mol. The first-order chi connectivity index (χ1) is 13.1. The van der Waals surface area contributed by atoms with E-state index in [2.05, 4.69) is 30.8 Å². The van der Waals surface area contributed by atoms with Crippen LogP contribution in [0.1, 0.15) is 33.6 Å². The van der Waals surface area contributed by atoms with E-state index in [0.29, 0.717) is 28.8 Å². The van der Waals surface area contributed by atoms with Gasteiger partial charge >= 0.3 is 6.09 Å². The monoisotopic (exact) mass is 470 g/mol. The van der Waals surface area contributed by atoms with Crippen molar-refractivity contribution in [3.8, 4) is 0 Å². The molecule has 0 saturated carbocycles. The fraction of sp³-hybridized carbons (Fsp3) is 0.526. The second kappa shape index (κ2) is 6.99. The molecule has 1 aromatic heterocycles. The molecule has 1 aromatic carbocycles. The first-order valence-corrected chi connectivity index (χ1v) is 10.4. The van der Waals surface area contributed by atoms with Gasteiger partial charge in [0, 0.05) is 30.6 Å². The van der Waals surface area contributed by atoms with E-state index in [1.807, 2.05) is 20.8 Å². The minimum Gasteiger partial charge on any atom is -0.444 e. The van der Waals surface area contributed by atoms with Gasteiger partial charge in [-0.2, -0.15) is 4.98 Å². The van der Waals surface area contributed by atoms with Gasteiger partial charge in [-0.05, 0) is 73.3 Å². The van der Waals surface area contributed by atoms with Gasteiger partial charge in [0.15, 0.2) is 5.82 Å². The number of rotatable bonds is 1. The Kier molecular flexibility index (Phi) is 4.90. The van der Waals surface area contributed by atoms with Crippen molar-refractivity contribution < 1.29 is 13.9 Å². The molecule has 2 bridgehead atoms. The molecule has 3 heterocycles. The van der Waals surface area contributed by atoms with Gasteiger partial charge in [-0.3, -0.25) is 0 Å². The van der Waals surface area contributed by atoms with Gasteiger partial charge < -0.3 is 14.5 Å². The fourth-order valence-corrected chi connectivity index (χ4v) is 4.50. The number of fused-ring (bicyclic) bond motifs is 3. The zero-order valence-electron chi connectivity index (χ0n) is 15.9. The number of halogens is 3. The largest absolute Gasteiger partial charge is 0.444 e. The van der Waals surface area contributed by atoms with Crippen molar-refractivity contribution in [1.82, 2.24) is 14.9 Å². The maximum Gasteiger partial charge on any atom is 0.410 e. The number of amides is 1. The van der Waals surface area contributed by atoms with Gasteiger partial charge in [-0.15, -0.1) is 0 Å². The van der Waals surface area contributed by atoms with Crippen molar-refractivity contribution in [2.24, 2.45) is 0 Å². The SMILES string of the molecule is CC(C)(C)OC(=O)N1C[C@H]2CC[C@@H](C1)N2c1nc(Cl)nc2c(F)c(Br)ccc12. The van der Waals surface area contributed by atoms with Crippen molar-refractivity contribution >= 4 is 50.3 Å². The number of ether oxygens (including phenoxy) is 1. The van der Waals surface area contributed by atoms with Crippen molar-refractivity contribution in [2.45, 2.75) is 51.3 Å². The van der Waals surface area contributed by atoms with Crippen molar-refractivity contribution in [3.63, 3.8) is 0 Å². The van der Waals surface area contributed by atoms with Crippen LogP contribution in [-0.2, 0) is 4.74 Å². The minimum atomic E-state index is -0.533. The first-order valence-electron chi connectivity index (χ1n) is 9.21. The highest BCUT2D eigenvalue weighted by Gasteiger charge is 2.43. The lowest BCUT2D eigenvalue weighted by Gasteiger charge is -2.42. The molecule has 0 unspecified atom stereocenters. The summed E-state index contributed by atoms with van der Waals surface area (Å²) in [6.45, 7) is 6.65. The molecule has 2 atom stereocenters. The Morgan fingerprint density at radius 3 is 2.50 bits per heavy atom. The van der Waals surface area contributed by atoms with Gasteiger partial charge in [0.1, 0.15) is 16.9 Å². The number of aromatic nitrogens is 2. The van der Waals surface area contributed by atoms with E-state index in [1.54, 1.807) is 17.0 Å². The normalized spacial score (nSPS) is 22.1. The zero-order chi connectivity index (χ0) is 20.2.